The first-order valence-corrected chi connectivity index (χ1v) is 11.8. The van der Waals surface area contributed by atoms with Crippen LogP contribution in [-0.2, 0) is 6.42 Å². The zero-order chi connectivity index (χ0) is 24.0. The standard InChI is InChI=1S/C22H31N3O.C3H8.C2H6/c1-7-16(11-12-26)19-13-17(8-2)21(24-15(19)5)18-9-10-20(14(3)4)25-22(18)23-6;1-3-2;1-2/h7,9-10,13-14,26H,8,11-12H2,1-6H3,(H,23,25);3H2,1-2H3;1-2H3/b16-7-;;. The number of pyridine rings is 2. The molecule has 2 rings (SSSR count). The molecule has 0 bridgehead atoms. The fourth-order valence-electron chi connectivity index (χ4n) is 3.21. The van der Waals surface area contributed by atoms with Gasteiger partial charge in [-0.2, -0.15) is 0 Å². The normalized spacial score (nSPS) is 10.8. The first-order chi connectivity index (χ1) is 14.9. The van der Waals surface area contributed by atoms with Crippen LogP contribution in [0.25, 0.3) is 16.8 Å². The zero-order valence-corrected chi connectivity index (χ0v) is 21.6. The van der Waals surface area contributed by atoms with Crippen LogP contribution in [-0.4, -0.2) is 28.7 Å². The van der Waals surface area contributed by atoms with Crippen molar-refractivity contribution in [3.05, 3.63) is 46.8 Å². The van der Waals surface area contributed by atoms with Gasteiger partial charge in [-0.25, -0.2) is 4.98 Å². The maximum absolute atomic E-state index is 9.34. The van der Waals surface area contributed by atoms with Crippen molar-refractivity contribution < 1.29 is 5.11 Å². The minimum atomic E-state index is 0.146. The molecule has 0 aliphatic rings. The van der Waals surface area contributed by atoms with E-state index in [1.807, 2.05) is 34.7 Å². The number of allylic oxidation sites excluding steroid dienone is 1. The molecule has 174 valence electrons. The number of aromatic nitrogens is 2. The second kappa shape index (κ2) is 15.6. The number of aryl methyl sites for hydroxylation is 2. The molecular weight excluding hydrogens is 382 g/mol. The summed E-state index contributed by atoms with van der Waals surface area (Å²) in [5.41, 5.74) is 7.53. The Kier molecular flexibility index (Phi) is 14.5. The monoisotopic (exact) mass is 427 g/mol. The van der Waals surface area contributed by atoms with E-state index in [1.165, 1.54) is 12.0 Å². The number of anilines is 1. The van der Waals surface area contributed by atoms with Crippen LogP contribution < -0.4 is 5.32 Å². The largest absolute Gasteiger partial charge is 0.396 e. The fourth-order valence-corrected chi connectivity index (χ4v) is 3.21. The van der Waals surface area contributed by atoms with Crippen molar-refractivity contribution in [2.24, 2.45) is 0 Å². The van der Waals surface area contributed by atoms with Crippen LogP contribution in [0.3, 0.4) is 0 Å². The van der Waals surface area contributed by atoms with Gasteiger partial charge in [0.25, 0.3) is 0 Å². The summed E-state index contributed by atoms with van der Waals surface area (Å²) in [7, 11) is 1.90. The second-order valence-corrected chi connectivity index (χ2v) is 7.51. The zero-order valence-electron chi connectivity index (χ0n) is 21.6. The van der Waals surface area contributed by atoms with Crippen molar-refractivity contribution >= 4 is 11.4 Å². The Bertz CT molecular complexity index is 810. The first-order valence-electron chi connectivity index (χ1n) is 11.8. The summed E-state index contributed by atoms with van der Waals surface area (Å²) in [6.07, 6.45) is 4.85. The van der Waals surface area contributed by atoms with Gasteiger partial charge < -0.3 is 10.4 Å². The molecule has 0 spiro atoms. The van der Waals surface area contributed by atoms with Gasteiger partial charge in [-0.1, -0.05) is 61.0 Å². The van der Waals surface area contributed by atoms with Crippen molar-refractivity contribution in [3.63, 3.8) is 0 Å². The third-order valence-electron chi connectivity index (χ3n) is 4.75. The van der Waals surface area contributed by atoms with E-state index < -0.39 is 0 Å². The number of nitrogens with zero attached hydrogens (tertiary/aromatic N) is 2. The minimum absolute atomic E-state index is 0.146. The average molecular weight is 428 g/mol. The summed E-state index contributed by atoms with van der Waals surface area (Å²) in [6.45, 7) is 18.9. The van der Waals surface area contributed by atoms with E-state index in [0.717, 1.165) is 46.0 Å². The van der Waals surface area contributed by atoms with Gasteiger partial charge >= 0.3 is 0 Å². The summed E-state index contributed by atoms with van der Waals surface area (Å²) in [5, 5.41) is 12.6. The molecule has 2 N–H and O–H groups in total. The van der Waals surface area contributed by atoms with E-state index in [-0.39, 0.29) is 6.61 Å². The Morgan fingerprint density at radius 3 is 2.19 bits per heavy atom. The Labute approximate surface area is 191 Å². The Morgan fingerprint density at radius 1 is 1.13 bits per heavy atom. The minimum Gasteiger partial charge on any atom is -0.396 e. The average Bonchev–Trinajstić information content (AvgIpc) is 2.79. The molecule has 0 radical (unpaired) electrons. The molecule has 2 aromatic heterocycles. The number of aliphatic hydroxyl groups excluding tert-OH is 1. The van der Waals surface area contributed by atoms with Crippen LogP contribution in [0.2, 0.25) is 0 Å². The lowest BCUT2D eigenvalue weighted by Crippen LogP contribution is -2.05. The Morgan fingerprint density at radius 2 is 1.74 bits per heavy atom. The molecule has 2 aromatic rings. The van der Waals surface area contributed by atoms with Crippen molar-refractivity contribution in [1.82, 2.24) is 9.97 Å². The lowest BCUT2D eigenvalue weighted by molar-refractivity contribution is 0.305. The number of hydrogen-bond donors (Lipinski definition) is 2. The third kappa shape index (κ3) is 8.10. The fraction of sp³-hybridized carbons (Fsp3) is 0.556. The van der Waals surface area contributed by atoms with E-state index >= 15 is 0 Å². The third-order valence-corrected chi connectivity index (χ3v) is 4.75. The van der Waals surface area contributed by atoms with Crippen LogP contribution in [0.1, 0.15) is 96.7 Å². The smallest absolute Gasteiger partial charge is 0.135 e. The van der Waals surface area contributed by atoms with E-state index in [4.69, 9.17) is 9.97 Å². The van der Waals surface area contributed by atoms with Crippen molar-refractivity contribution in [2.75, 3.05) is 19.0 Å². The molecule has 0 saturated carbocycles. The molecule has 0 saturated heterocycles. The summed E-state index contributed by atoms with van der Waals surface area (Å²) in [4.78, 5) is 9.73. The number of hydrogen-bond acceptors (Lipinski definition) is 4. The summed E-state index contributed by atoms with van der Waals surface area (Å²) < 4.78 is 0. The molecule has 0 unspecified atom stereocenters. The SMILES string of the molecule is C/C=C(/CCO)c1cc(CC)c(-c2ccc(C(C)C)nc2NC)nc1C.CC.CCC. The van der Waals surface area contributed by atoms with Crippen molar-refractivity contribution in [3.8, 4) is 11.3 Å². The highest BCUT2D eigenvalue weighted by atomic mass is 16.2. The summed E-state index contributed by atoms with van der Waals surface area (Å²) in [5.74, 6) is 1.25. The van der Waals surface area contributed by atoms with Gasteiger partial charge in [-0.3, -0.25) is 4.98 Å². The molecule has 31 heavy (non-hydrogen) atoms. The molecule has 2 heterocycles. The lowest BCUT2D eigenvalue weighted by atomic mass is 9.95. The Balaban J connectivity index is 0.00000165. The molecule has 0 aliphatic carbocycles. The van der Waals surface area contributed by atoms with Gasteiger partial charge in [0.05, 0.1) is 5.69 Å². The maximum Gasteiger partial charge on any atom is 0.135 e. The lowest BCUT2D eigenvalue weighted by Gasteiger charge is -2.17. The first kappa shape index (κ1) is 28.8. The highest BCUT2D eigenvalue weighted by Crippen LogP contribution is 2.33. The van der Waals surface area contributed by atoms with E-state index in [2.05, 4.69) is 64.2 Å². The molecule has 4 heteroatoms. The van der Waals surface area contributed by atoms with Gasteiger partial charge in [0, 0.05) is 30.6 Å². The molecule has 0 aromatic carbocycles. The molecular formula is C27H45N3O. The van der Waals surface area contributed by atoms with Gasteiger partial charge in [0.15, 0.2) is 0 Å². The highest BCUT2D eigenvalue weighted by Gasteiger charge is 2.16. The quantitative estimate of drug-likeness (QED) is 0.483. The maximum atomic E-state index is 9.34. The van der Waals surface area contributed by atoms with Crippen LogP contribution in [0.4, 0.5) is 5.82 Å². The number of rotatable bonds is 7. The van der Waals surface area contributed by atoms with Gasteiger partial charge in [-0.05, 0) is 67.5 Å². The molecule has 0 aliphatic heterocycles. The van der Waals surface area contributed by atoms with Crippen molar-refractivity contribution in [1.29, 1.82) is 0 Å². The molecule has 4 nitrogen and oxygen atoms in total. The van der Waals surface area contributed by atoms with Gasteiger partial charge in [0.1, 0.15) is 5.82 Å². The predicted molar refractivity (Wildman–Crippen MR) is 138 cm³/mol. The second-order valence-electron chi connectivity index (χ2n) is 7.51. The number of nitrogens with one attached hydrogen (secondary N) is 1. The van der Waals surface area contributed by atoms with Crippen molar-refractivity contribution in [2.45, 2.75) is 87.5 Å². The van der Waals surface area contributed by atoms with E-state index in [1.54, 1.807) is 0 Å². The van der Waals surface area contributed by atoms with Crippen LogP contribution >= 0.6 is 0 Å². The topological polar surface area (TPSA) is 58.0 Å². The Hall–Kier alpha value is -2.20. The summed E-state index contributed by atoms with van der Waals surface area (Å²) >= 11 is 0. The van der Waals surface area contributed by atoms with Crippen LogP contribution in [0, 0.1) is 6.92 Å². The van der Waals surface area contributed by atoms with E-state index in [9.17, 15) is 5.11 Å². The number of aliphatic hydroxyl groups is 1. The molecule has 0 atom stereocenters. The highest BCUT2D eigenvalue weighted by molar-refractivity contribution is 5.77. The van der Waals surface area contributed by atoms with Gasteiger partial charge in [-0.15, -0.1) is 0 Å². The van der Waals surface area contributed by atoms with Crippen LogP contribution in [0.15, 0.2) is 24.3 Å². The molecule has 0 amide bonds. The predicted octanol–water partition coefficient (Wildman–Crippen LogP) is 7.41. The summed E-state index contributed by atoms with van der Waals surface area (Å²) in [6, 6.07) is 6.44. The van der Waals surface area contributed by atoms with Gasteiger partial charge in [0.2, 0.25) is 0 Å². The van der Waals surface area contributed by atoms with Crippen LogP contribution in [0.5, 0.6) is 0 Å². The molecule has 0 fully saturated rings. The van der Waals surface area contributed by atoms with E-state index in [0.29, 0.717) is 12.3 Å².